The SMILES string of the molecule is COCC(=O)NCCCc1nc2ccccc2n1Cc1cccc(Br)c1. The number of nitrogens with one attached hydrogen (secondary N) is 1. The Hall–Kier alpha value is -2.18. The minimum atomic E-state index is -0.0878. The van der Waals surface area contributed by atoms with Crippen LogP contribution in [-0.4, -0.2) is 35.7 Å². The molecule has 1 amide bonds. The fraction of sp³-hybridized carbons (Fsp3) is 0.300. The van der Waals surface area contributed by atoms with Crippen molar-refractivity contribution in [3.05, 3.63) is 64.4 Å². The van der Waals surface area contributed by atoms with Gasteiger partial charge in [-0.25, -0.2) is 4.98 Å². The van der Waals surface area contributed by atoms with E-state index in [-0.39, 0.29) is 12.5 Å². The van der Waals surface area contributed by atoms with Crippen LogP contribution in [-0.2, 0) is 22.5 Å². The van der Waals surface area contributed by atoms with Crippen molar-refractivity contribution >= 4 is 32.9 Å². The molecule has 0 bridgehead atoms. The second-order valence-corrected chi connectivity index (χ2v) is 7.04. The van der Waals surface area contributed by atoms with Crippen LogP contribution in [0.3, 0.4) is 0 Å². The maximum Gasteiger partial charge on any atom is 0.245 e. The van der Waals surface area contributed by atoms with Gasteiger partial charge in [-0.05, 0) is 36.2 Å². The zero-order valence-corrected chi connectivity index (χ0v) is 16.3. The molecule has 1 heterocycles. The number of carbonyl (C=O) groups excluding carboxylic acids is 1. The van der Waals surface area contributed by atoms with E-state index in [0.29, 0.717) is 6.54 Å². The van der Waals surface area contributed by atoms with Crippen molar-refractivity contribution in [3.8, 4) is 0 Å². The first kappa shape index (κ1) is 18.6. The van der Waals surface area contributed by atoms with E-state index < -0.39 is 0 Å². The van der Waals surface area contributed by atoms with E-state index in [2.05, 4.69) is 44.0 Å². The van der Waals surface area contributed by atoms with Gasteiger partial charge in [0, 0.05) is 31.1 Å². The van der Waals surface area contributed by atoms with Crippen LogP contribution in [0.2, 0.25) is 0 Å². The summed E-state index contributed by atoms with van der Waals surface area (Å²) >= 11 is 3.54. The average Bonchev–Trinajstić information content (AvgIpc) is 2.97. The number of hydrogen-bond acceptors (Lipinski definition) is 3. The van der Waals surface area contributed by atoms with Crippen LogP contribution >= 0.6 is 15.9 Å². The first-order valence-electron chi connectivity index (χ1n) is 8.61. The average molecular weight is 416 g/mol. The highest BCUT2D eigenvalue weighted by Crippen LogP contribution is 2.20. The molecule has 3 aromatic rings. The van der Waals surface area contributed by atoms with Crippen LogP contribution in [0.15, 0.2) is 53.0 Å². The molecule has 1 aromatic heterocycles. The number of imidazole rings is 1. The van der Waals surface area contributed by atoms with E-state index in [9.17, 15) is 4.79 Å². The summed E-state index contributed by atoms with van der Waals surface area (Å²) < 4.78 is 8.15. The van der Waals surface area contributed by atoms with Crippen LogP contribution in [0.25, 0.3) is 11.0 Å². The van der Waals surface area contributed by atoms with Gasteiger partial charge in [-0.2, -0.15) is 0 Å². The Morgan fingerprint density at radius 3 is 2.88 bits per heavy atom. The third kappa shape index (κ3) is 4.71. The lowest BCUT2D eigenvalue weighted by molar-refractivity contribution is -0.124. The van der Waals surface area contributed by atoms with Crippen molar-refractivity contribution in [1.29, 1.82) is 0 Å². The quantitative estimate of drug-likeness (QED) is 0.572. The van der Waals surface area contributed by atoms with Crippen LogP contribution < -0.4 is 5.32 Å². The number of aromatic nitrogens is 2. The maximum atomic E-state index is 11.5. The minimum Gasteiger partial charge on any atom is -0.375 e. The van der Waals surface area contributed by atoms with E-state index in [1.54, 1.807) is 0 Å². The van der Waals surface area contributed by atoms with Crippen LogP contribution in [0.5, 0.6) is 0 Å². The zero-order chi connectivity index (χ0) is 18.4. The fourth-order valence-electron chi connectivity index (χ4n) is 2.97. The Bertz CT molecular complexity index is 892. The van der Waals surface area contributed by atoms with Gasteiger partial charge in [-0.1, -0.05) is 40.2 Å². The molecule has 0 radical (unpaired) electrons. The summed E-state index contributed by atoms with van der Waals surface area (Å²) in [6, 6.07) is 16.5. The van der Waals surface area contributed by atoms with Gasteiger partial charge >= 0.3 is 0 Å². The lowest BCUT2D eigenvalue weighted by Gasteiger charge is -2.10. The van der Waals surface area contributed by atoms with E-state index in [1.165, 1.54) is 12.7 Å². The standard InChI is InChI=1S/C20H22BrN3O2/c1-26-14-20(25)22-11-5-10-19-23-17-8-2-3-9-18(17)24(19)13-15-6-4-7-16(21)12-15/h2-4,6-9,12H,5,10-11,13-14H2,1H3,(H,22,25). The topological polar surface area (TPSA) is 56.1 Å². The second kappa shape index (κ2) is 8.96. The molecule has 3 rings (SSSR count). The summed E-state index contributed by atoms with van der Waals surface area (Å²) in [5, 5.41) is 2.86. The van der Waals surface area contributed by atoms with Crippen molar-refractivity contribution in [1.82, 2.24) is 14.9 Å². The first-order chi connectivity index (χ1) is 12.7. The monoisotopic (exact) mass is 415 g/mol. The maximum absolute atomic E-state index is 11.5. The molecular formula is C20H22BrN3O2. The smallest absolute Gasteiger partial charge is 0.245 e. The van der Waals surface area contributed by atoms with Crippen LogP contribution in [0.4, 0.5) is 0 Å². The Morgan fingerprint density at radius 1 is 1.23 bits per heavy atom. The van der Waals surface area contributed by atoms with E-state index in [4.69, 9.17) is 9.72 Å². The summed E-state index contributed by atoms with van der Waals surface area (Å²) in [5.74, 6) is 0.947. The number of fused-ring (bicyclic) bond motifs is 1. The third-order valence-corrected chi connectivity index (χ3v) is 4.63. The van der Waals surface area contributed by atoms with Gasteiger partial charge in [0.25, 0.3) is 0 Å². The van der Waals surface area contributed by atoms with E-state index in [0.717, 1.165) is 40.7 Å². The van der Waals surface area contributed by atoms with Crippen LogP contribution in [0.1, 0.15) is 17.8 Å². The largest absolute Gasteiger partial charge is 0.375 e. The normalized spacial score (nSPS) is 11.0. The molecule has 0 atom stereocenters. The number of halogens is 1. The number of benzene rings is 2. The Morgan fingerprint density at radius 2 is 2.08 bits per heavy atom. The number of amides is 1. The summed E-state index contributed by atoms with van der Waals surface area (Å²) in [5.41, 5.74) is 3.35. The number of carbonyl (C=O) groups is 1. The number of methoxy groups -OCH3 is 1. The Kier molecular flexibility index (Phi) is 6.41. The summed E-state index contributed by atoms with van der Waals surface area (Å²) in [6.45, 7) is 1.48. The highest BCUT2D eigenvalue weighted by Gasteiger charge is 2.11. The Balaban J connectivity index is 1.75. The van der Waals surface area contributed by atoms with Crippen molar-refractivity contribution < 1.29 is 9.53 Å². The molecule has 6 heteroatoms. The molecule has 0 aliphatic rings. The lowest BCUT2D eigenvalue weighted by Crippen LogP contribution is -2.28. The molecule has 2 aromatic carbocycles. The first-order valence-corrected chi connectivity index (χ1v) is 9.41. The van der Waals surface area contributed by atoms with Crippen molar-refractivity contribution in [2.45, 2.75) is 19.4 Å². The van der Waals surface area contributed by atoms with Crippen molar-refractivity contribution in [2.24, 2.45) is 0 Å². The summed E-state index contributed by atoms with van der Waals surface area (Å²) in [6.07, 6.45) is 1.63. The van der Waals surface area contributed by atoms with Gasteiger partial charge < -0.3 is 14.6 Å². The van der Waals surface area contributed by atoms with E-state index >= 15 is 0 Å². The zero-order valence-electron chi connectivity index (χ0n) is 14.7. The molecule has 0 saturated heterocycles. The highest BCUT2D eigenvalue weighted by atomic mass is 79.9. The lowest BCUT2D eigenvalue weighted by atomic mass is 10.2. The van der Waals surface area contributed by atoms with Crippen molar-refractivity contribution in [2.75, 3.05) is 20.3 Å². The molecule has 1 N–H and O–H groups in total. The number of para-hydroxylation sites is 2. The molecule has 0 aliphatic heterocycles. The number of ether oxygens (including phenoxy) is 1. The predicted octanol–water partition coefficient (Wildman–Crippen LogP) is 3.54. The van der Waals surface area contributed by atoms with Crippen LogP contribution in [0, 0.1) is 0 Å². The second-order valence-electron chi connectivity index (χ2n) is 6.12. The summed E-state index contributed by atoms with van der Waals surface area (Å²) in [7, 11) is 1.52. The van der Waals surface area contributed by atoms with E-state index in [1.807, 2.05) is 30.3 Å². The number of nitrogens with zero attached hydrogens (tertiary/aromatic N) is 2. The van der Waals surface area contributed by atoms with Gasteiger partial charge in [-0.15, -0.1) is 0 Å². The Labute approximate surface area is 161 Å². The molecule has 0 aliphatic carbocycles. The molecule has 0 unspecified atom stereocenters. The number of aryl methyl sites for hydroxylation is 1. The summed E-state index contributed by atoms with van der Waals surface area (Å²) in [4.78, 5) is 16.3. The molecule has 5 nitrogen and oxygen atoms in total. The van der Waals surface area contributed by atoms with Crippen molar-refractivity contribution in [3.63, 3.8) is 0 Å². The molecule has 26 heavy (non-hydrogen) atoms. The number of hydrogen-bond donors (Lipinski definition) is 1. The number of rotatable bonds is 8. The van der Waals surface area contributed by atoms with Gasteiger partial charge in [0.1, 0.15) is 12.4 Å². The third-order valence-electron chi connectivity index (χ3n) is 4.14. The molecular weight excluding hydrogens is 394 g/mol. The van der Waals surface area contributed by atoms with Gasteiger partial charge in [0.2, 0.25) is 5.91 Å². The van der Waals surface area contributed by atoms with Gasteiger partial charge in [0.05, 0.1) is 11.0 Å². The molecule has 0 saturated carbocycles. The van der Waals surface area contributed by atoms with Gasteiger partial charge in [-0.3, -0.25) is 4.79 Å². The van der Waals surface area contributed by atoms with Gasteiger partial charge in [0.15, 0.2) is 0 Å². The minimum absolute atomic E-state index is 0.0878. The molecule has 136 valence electrons. The fourth-order valence-corrected chi connectivity index (χ4v) is 3.41. The highest BCUT2D eigenvalue weighted by molar-refractivity contribution is 9.10. The molecule has 0 fully saturated rings. The molecule has 0 spiro atoms. The predicted molar refractivity (Wildman–Crippen MR) is 106 cm³/mol.